The number of aromatic nitrogens is 1. The number of benzene rings is 3. The third kappa shape index (κ3) is 4.64. The van der Waals surface area contributed by atoms with E-state index in [-0.39, 0.29) is 18.2 Å². The molecule has 2 aliphatic rings. The van der Waals surface area contributed by atoms with Crippen molar-refractivity contribution in [2.24, 2.45) is 0 Å². The summed E-state index contributed by atoms with van der Waals surface area (Å²) in [5.74, 6) is 0.149. The summed E-state index contributed by atoms with van der Waals surface area (Å²) >= 11 is 0.837. The second-order valence-electron chi connectivity index (χ2n) is 9.10. The number of imide groups is 1. The number of fused-ring (bicyclic) bond motifs is 2. The number of amides is 3. The summed E-state index contributed by atoms with van der Waals surface area (Å²) < 4.78 is 12.7. The maximum Gasteiger partial charge on any atom is 0.294 e. The molecule has 8 nitrogen and oxygen atoms in total. The van der Waals surface area contributed by atoms with Crippen LogP contribution in [0.4, 0.5) is 10.5 Å². The first-order valence-corrected chi connectivity index (χ1v) is 12.8. The summed E-state index contributed by atoms with van der Waals surface area (Å²) in [6.45, 7) is 2.48. The Kier molecular flexibility index (Phi) is 6.13. The van der Waals surface area contributed by atoms with E-state index in [9.17, 15) is 14.4 Å². The Morgan fingerprint density at radius 1 is 1.03 bits per heavy atom. The van der Waals surface area contributed by atoms with E-state index in [2.05, 4.69) is 41.1 Å². The first-order chi connectivity index (χ1) is 18.4. The van der Waals surface area contributed by atoms with Crippen LogP contribution in [-0.2, 0) is 16.1 Å². The molecule has 0 spiro atoms. The standard InChI is InChI=1S/C29H23N3O5S/c1-18-6-8-19(9-7-18)14-31-15-20(22-4-2-3-5-23(22)31)12-26-28(34)32(29(35)38-26)16-27(33)30-21-10-11-24-25(13-21)37-17-36-24/h2-13,15H,14,16-17H2,1H3,(H,30,33)/b26-12-. The number of carbonyl (C=O) groups excluding carboxylic acids is 3. The Bertz CT molecular complexity index is 1620. The van der Waals surface area contributed by atoms with Gasteiger partial charge in [-0.15, -0.1) is 0 Å². The monoisotopic (exact) mass is 525 g/mol. The van der Waals surface area contributed by atoms with Crippen molar-refractivity contribution in [2.75, 3.05) is 18.7 Å². The molecule has 1 N–H and O–H groups in total. The zero-order valence-electron chi connectivity index (χ0n) is 20.5. The summed E-state index contributed by atoms with van der Waals surface area (Å²) in [5, 5.41) is 3.20. The van der Waals surface area contributed by atoms with Crippen molar-refractivity contribution in [2.45, 2.75) is 13.5 Å². The molecule has 38 heavy (non-hydrogen) atoms. The number of ether oxygens (including phenoxy) is 2. The van der Waals surface area contributed by atoms with E-state index < -0.39 is 17.1 Å². The quantitative estimate of drug-likeness (QED) is 0.339. The second kappa shape index (κ2) is 9.75. The summed E-state index contributed by atoms with van der Waals surface area (Å²) in [6.07, 6.45) is 3.72. The molecule has 1 aromatic heterocycles. The van der Waals surface area contributed by atoms with E-state index in [0.717, 1.165) is 38.7 Å². The molecule has 6 rings (SSSR count). The molecule has 2 aliphatic heterocycles. The Hall–Kier alpha value is -4.50. The zero-order valence-corrected chi connectivity index (χ0v) is 21.3. The first-order valence-electron chi connectivity index (χ1n) is 12.0. The van der Waals surface area contributed by atoms with Crippen LogP contribution in [0.1, 0.15) is 16.7 Å². The molecule has 0 atom stereocenters. The van der Waals surface area contributed by atoms with Gasteiger partial charge < -0.3 is 19.4 Å². The molecule has 0 unspecified atom stereocenters. The molecule has 0 radical (unpaired) electrons. The highest BCUT2D eigenvalue weighted by Gasteiger charge is 2.36. The van der Waals surface area contributed by atoms with Crippen LogP contribution in [0.15, 0.2) is 77.8 Å². The number of para-hydroxylation sites is 1. The van der Waals surface area contributed by atoms with Gasteiger partial charge in [-0.3, -0.25) is 19.3 Å². The number of nitrogens with one attached hydrogen (secondary N) is 1. The van der Waals surface area contributed by atoms with Crippen LogP contribution in [0.5, 0.6) is 11.5 Å². The molecule has 0 saturated carbocycles. The minimum absolute atomic E-state index is 0.125. The molecule has 3 heterocycles. The highest BCUT2D eigenvalue weighted by molar-refractivity contribution is 8.18. The van der Waals surface area contributed by atoms with Crippen LogP contribution in [0, 0.1) is 6.92 Å². The van der Waals surface area contributed by atoms with E-state index >= 15 is 0 Å². The SMILES string of the molecule is Cc1ccc(Cn2cc(/C=C3\SC(=O)N(CC(=O)Nc4ccc5c(c4)OCO5)C3=O)c3ccccc32)cc1. The van der Waals surface area contributed by atoms with E-state index in [0.29, 0.717) is 23.7 Å². The number of thioether (sulfide) groups is 1. The van der Waals surface area contributed by atoms with Gasteiger partial charge in [0.25, 0.3) is 11.1 Å². The Balaban J connectivity index is 1.20. The summed E-state index contributed by atoms with van der Waals surface area (Å²) in [7, 11) is 0. The average molecular weight is 526 g/mol. The minimum atomic E-state index is -0.490. The molecule has 3 aromatic carbocycles. The zero-order chi connectivity index (χ0) is 26.2. The summed E-state index contributed by atoms with van der Waals surface area (Å²) in [5.41, 5.74) is 4.72. The number of nitrogens with zero attached hydrogens (tertiary/aromatic N) is 2. The van der Waals surface area contributed by atoms with E-state index in [4.69, 9.17) is 9.47 Å². The van der Waals surface area contributed by atoms with E-state index in [1.807, 2.05) is 30.5 Å². The number of hydrogen-bond donors (Lipinski definition) is 1. The lowest BCUT2D eigenvalue weighted by molar-refractivity contribution is -0.127. The van der Waals surface area contributed by atoms with Crippen LogP contribution >= 0.6 is 11.8 Å². The number of anilines is 1. The van der Waals surface area contributed by atoms with Crippen molar-refractivity contribution < 1.29 is 23.9 Å². The third-order valence-electron chi connectivity index (χ3n) is 6.41. The first kappa shape index (κ1) is 23.9. The van der Waals surface area contributed by atoms with Gasteiger partial charge in [0, 0.05) is 41.0 Å². The fourth-order valence-electron chi connectivity index (χ4n) is 4.51. The molecule has 1 fully saturated rings. The van der Waals surface area contributed by atoms with Crippen molar-refractivity contribution in [1.29, 1.82) is 0 Å². The molecule has 4 aromatic rings. The van der Waals surface area contributed by atoms with Crippen molar-refractivity contribution in [3.8, 4) is 11.5 Å². The van der Waals surface area contributed by atoms with E-state index in [1.165, 1.54) is 5.56 Å². The van der Waals surface area contributed by atoms with Gasteiger partial charge in [-0.05, 0) is 48.5 Å². The van der Waals surface area contributed by atoms with Crippen molar-refractivity contribution in [1.82, 2.24) is 9.47 Å². The molecule has 1 saturated heterocycles. The van der Waals surface area contributed by atoms with Crippen LogP contribution < -0.4 is 14.8 Å². The lowest BCUT2D eigenvalue weighted by Gasteiger charge is -2.12. The molecule has 190 valence electrons. The van der Waals surface area contributed by atoms with Crippen LogP contribution in [0.3, 0.4) is 0 Å². The summed E-state index contributed by atoms with van der Waals surface area (Å²) in [6, 6.07) is 21.3. The van der Waals surface area contributed by atoms with Crippen LogP contribution in [0.2, 0.25) is 0 Å². The smallest absolute Gasteiger partial charge is 0.294 e. The van der Waals surface area contributed by atoms with Crippen molar-refractivity contribution in [3.05, 3.63) is 94.5 Å². The number of rotatable bonds is 6. The van der Waals surface area contributed by atoms with Crippen molar-refractivity contribution in [3.63, 3.8) is 0 Å². The molecular weight excluding hydrogens is 502 g/mol. The van der Waals surface area contributed by atoms with Gasteiger partial charge in [0.05, 0.1) is 4.91 Å². The normalized spacial score (nSPS) is 15.6. The minimum Gasteiger partial charge on any atom is -0.454 e. The Labute approximate surface area is 222 Å². The predicted octanol–water partition coefficient (Wildman–Crippen LogP) is 5.40. The molecule has 0 bridgehead atoms. The Morgan fingerprint density at radius 2 is 1.82 bits per heavy atom. The molecular formula is C29H23N3O5S. The van der Waals surface area contributed by atoms with Gasteiger partial charge in [0.2, 0.25) is 12.7 Å². The number of hydrogen-bond acceptors (Lipinski definition) is 6. The molecule has 9 heteroatoms. The van der Waals surface area contributed by atoms with Gasteiger partial charge in [-0.25, -0.2) is 0 Å². The average Bonchev–Trinajstić information content (AvgIpc) is 3.58. The summed E-state index contributed by atoms with van der Waals surface area (Å²) in [4.78, 5) is 39.7. The highest BCUT2D eigenvalue weighted by Crippen LogP contribution is 2.36. The van der Waals surface area contributed by atoms with Crippen LogP contribution in [-0.4, -0.2) is 39.9 Å². The van der Waals surface area contributed by atoms with Crippen molar-refractivity contribution >= 4 is 51.5 Å². The maximum atomic E-state index is 13.1. The highest BCUT2D eigenvalue weighted by atomic mass is 32.2. The second-order valence-corrected chi connectivity index (χ2v) is 10.1. The lowest BCUT2D eigenvalue weighted by atomic mass is 10.1. The predicted molar refractivity (Wildman–Crippen MR) is 146 cm³/mol. The lowest BCUT2D eigenvalue weighted by Crippen LogP contribution is -2.36. The van der Waals surface area contributed by atoms with Crippen LogP contribution in [0.25, 0.3) is 17.0 Å². The molecule has 3 amide bonds. The Morgan fingerprint density at radius 3 is 2.66 bits per heavy atom. The maximum absolute atomic E-state index is 13.1. The van der Waals surface area contributed by atoms with Gasteiger partial charge in [-0.1, -0.05) is 48.0 Å². The van der Waals surface area contributed by atoms with Gasteiger partial charge in [0.1, 0.15) is 6.54 Å². The fraction of sp³-hybridized carbons (Fsp3) is 0.138. The van der Waals surface area contributed by atoms with Gasteiger partial charge in [0.15, 0.2) is 11.5 Å². The van der Waals surface area contributed by atoms with Gasteiger partial charge >= 0.3 is 0 Å². The fourth-order valence-corrected chi connectivity index (χ4v) is 5.34. The topological polar surface area (TPSA) is 89.9 Å². The van der Waals surface area contributed by atoms with Gasteiger partial charge in [-0.2, -0.15) is 0 Å². The third-order valence-corrected chi connectivity index (χ3v) is 7.32. The number of carbonyl (C=O) groups is 3. The largest absolute Gasteiger partial charge is 0.454 e. The molecule has 0 aliphatic carbocycles. The number of aryl methyl sites for hydroxylation is 1. The van der Waals surface area contributed by atoms with E-state index in [1.54, 1.807) is 24.3 Å².